The Morgan fingerprint density at radius 2 is 2.09 bits per heavy atom. The van der Waals surface area contributed by atoms with E-state index < -0.39 is 0 Å². The Kier molecular flexibility index (Phi) is 5.49. The predicted octanol–water partition coefficient (Wildman–Crippen LogP) is 1.38. The molecule has 0 saturated carbocycles. The van der Waals surface area contributed by atoms with Crippen molar-refractivity contribution in [2.45, 2.75) is 25.9 Å². The van der Waals surface area contributed by atoms with Gasteiger partial charge in [0, 0.05) is 58.6 Å². The Balaban J connectivity index is 1.33. The minimum absolute atomic E-state index is 0.0327. The van der Waals surface area contributed by atoms with E-state index in [1.54, 1.807) is 13.1 Å². The number of carbonyl (C=O) groups excluding carboxylic acids is 1. The maximum Gasteiger partial charge on any atom is 0.269 e. The number of hydrogen-bond donors (Lipinski definition) is 2. The fraction of sp³-hybridized carbons (Fsp3) is 0.417. The summed E-state index contributed by atoms with van der Waals surface area (Å²) >= 11 is 0. The second kappa shape index (κ2) is 8.47. The van der Waals surface area contributed by atoms with Gasteiger partial charge in [0.15, 0.2) is 5.82 Å². The maximum atomic E-state index is 12.2. The van der Waals surface area contributed by atoms with E-state index in [0.717, 1.165) is 66.4 Å². The lowest BCUT2D eigenvalue weighted by molar-refractivity contribution is 0.0958. The fourth-order valence-electron chi connectivity index (χ4n) is 4.91. The molecule has 3 aromatic heterocycles. The van der Waals surface area contributed by atoms with E-state index in [0.29, 0.717) is 18.2 Å². The van der Waals surface area contributed by atoms with E-state index in [1.807, 2.05) is 38.4 Å². The molecule has 0 radical (unpaired) electrons. The van der Waals surface area contributed by atoms with Gasteiger partial charge < -0.3 is 20.1 Å². The molecule has 0 spiro atoms. The van der Waals surface area contributed by atoms with Crippen molar-refractivity contribution < 1.29 is 4.79 Å². The number of anilines is 2. The van der Waals surface area contributed by atoms with Crippen LogP contribution >= 0.6 is 0 Å². The molecule has 1 atom stereocenters. The number of carbonyl (C=O) groups is 1. The lowest BCUT2D eigenvalue weighted by Gasteiger charge is -2.48. The zero-order valence-electron chi connectivity index (χ0n) is 19.3. The molecule has 0 bridgehead atoms. The zero-order chi connectivity index (χ0) is 23.1. The summed E-state index contributed by atoms with van der Waals surface area (Å²) in [4.78, 5) is 43.4. The highest BCUT2D eigenvalue weighted by molar-refractivity contribution is 5.93. The maximum absolute atomic E-state index is 12.2. The fourth-order valence-corrected chi connectivity index (χ4v) is 4.91. The van der Waals surface area contributed by atoms with E-state index in [1.165, 1.54) is 0 Å². The summed E-state index contributed by atoms with van der Waals surface area (Å²) in [7, 11) is 3.65. The van der Waals surface area contributed by atoms with E-state index in [-0.39, 0.29) is 11.5 Å². The van der Waals surface area contributed by atoms with Gasteiger partial charge in [0.2, 0.25) is 0 Å². The van der Waals surface area contributed by atoms with Gasteiger partial charge in [-0.2, -0.15) is 0 Å². The monoisotopic (exact) mass is 447 g/mol. The highest BCUT2D eigenvalue weighted by Crippen LogP contribution is 2.35. The highest BCUT2D eigenvalue weighted by atomic mass is 16.1. The van der Waals surface area contributed by atoms with Crippen LogP contribution in [0.15, 0.2) is 35.3 Å². The van der Waals surface area contributed by atoms with Gasteiger partial charge in [-0.05, 0) is 36.2 Å². The van der Waals surface area contributed by atoms with Crippen LogP contribution < -0.4 is 20.7 Å². The highest BCUT2D eigenvalue weighted by Gasteiger charge is 2.35. The number of pyridine rings is 3. The average Bonchev–Trinajstić information content (AvgIpc) is 2.82. The topological polar surface area (TPSA) is 97.5 Å². The van der Waals surface area contributed by atoms with Crippen LogP contribution in [0, 0.1) is 0 Å². The quantitative estimate of drug-likeness (QED) is 0.624. The van der Waals surface area contributed by atoms with Gasteiger partial charge >= 0.3 is 0 Å². The van der Waals surface area contributed by atoms with Crippen LogP contribution in [0.4, 0.5) is 11.5 Å². The molecule has 1 unspecified atom stereocenters. The Morgan fingerprint density at radius 3 is 2.88 bits per heavy atom. The molecule has 9 nitrogen and oxygen atoms in total. The number of aromatic amines is 1. The molecule has 0 aromatic carbocycles. The van der Waals surface area contributed by atoms with Crippen LogP contribution in [0.25, 0.3) is 11.0 Å². The Morgan fingerprint density at radius 1 is 1.24 bits per heavy atom. The number of aryl methyl sites for hydroxylation is 1. The molecular formula is C24H29N7O2. The normalized spacial score (nSPS) is 18.2. The van der Waals surface area contributed by atoms with Crippen molar-refractivity contribution in [2.75, 3.05) is 50.1 Å². The van der Waals surface area contributed by atoms with Crippen molar-refractivity contribution in [3.63, 3.8) is 0 Å². The summed E-state index contributed by atoms with van der Waals surface area (Å²) in [5, 5.41) is 2.64. The molecule has 0 aliphatic carbocycles. The Hall–Kier alpha value is -3.46. The van der Waals surface area contributed by atoms with Gasteiger partial charge in [0.1, 0.15) is 5.69 Å². The Bertz CT molecular complexity index is 1270. The number of H-pyrrole nitrogens is 1. The molecule has 1 fully saturated rings. The molecule has 2 aliphatic heterocycles. The van der Waals surface area contributed by atoms with Crippen LogP contribution in [-0.4, -0.2) is 72.1 Å². The number of piperazine rings is 1. The molecule has 1 saturated heterocycles. The first-order chi connectivity index (χ1) is 16.0. The molecule has 33 heavy (non-hydrogen) atoms. The summed E-state index contributed by atoms with van der Waals surface area (Å²) in [6, 6.07) is 8.08. The van der Waals surface area contributed by atoms with E-state index in [9.17, 15) is 9.59 Å². The zero-order valence-corrected chi connectivity index (χ0v) is 19.3. The number of hydrogen-bond acceptors (Lipinski definition) is 7. The van der Waals surface area contributed by atoms with Gasteiger partial charge in [-0.15, -0.1) is 0 Å². The summed E-state index contributed by atoms with van der Waals surface area (Å²) in [6.07, 6.45) is 2.61. The van der Waals surface area contributed by atoms with E-state index in [4.69, 9.17) is 0 Å². The van der Waals surface area contributed by atoms with Crippen molar-refractivity contribution in [1.82, 2.24) is 25.2 Å². The van der Waals surface area contributed by atoms with Crippen molar-refractivity contribution in [3.8, 4) is 0 Å². The third kappa shape index (κ3) is 3.93. The van der Waals surface area contributed by atoms with Crippen LogP contribution in [0.1, 0.15) is 28.5 Å². The molecule has 1 amide bonds. The molecule has 2 N–H and O–H groups in total. The average molecular weight is 448 g/mol. The molecule has 172 valence electrons. The number of nitrogens with one attached hydrogen (secondary N) is 2. The van der Waals surface area contributed by atoms with Crippen LogP contribution in [0.2, 0.25) is 0 Å². The van der Waals surface area contributed by atoms with Crippen molar-refractivity contribution in [3.05, 3.63) is 57.6 Å². The lowest BCUT2D eigenvalue weighted by Crippen LogP contribution is -2.59. The number of rotatable bonds is 4. The number of amides is 1. The van der Waals surface area contributed by atoms with Gasteiger partial charge in [0.25, 0.3) is 11.5 Å². The van der Waals surface area contributed by atoms with Gasteiger partial charge in [-0.3, -0.25) is 19.5 Å². The van der Waals surface area contributed by atoms with Crippen molar-refractivity contribution in [1.29, 1.82) is 0 Å². The van der Waals surface area contributed by atoms with Crippen LogP contribution in [0.5, 0.6) is 0 Å². The van der Waals surface area contributed by atoms with Crippen molar-refractivity contribution >= 4 is 28.4 Å². The number of likely N-dealkylation sites (N-methyl/N-ethyl adjacent to an activating group) is 1. The molecule has 5 rings (SSSR count). The third-order valence-electron chi connectivity index (χ3n) is 6.65. The molecular weight excluding hydrogens is 418 g/mol. The number of nitrogens with zero attached hydrogens (tertiary/aromatic N) is 5. The van der Waals surface area contributed by atoms with Gasteiger partial charge in [-0.25, -0.2) is 4.98 Å². The van der Waals surface area contributed by atoms with Crippen LogP contribution in [0.3, 0.4) is 0 Å². The minimum Gasteiger partial charge on any atom is -0.361 e. The SMILES string of the molecule is CCc1cc2ncc(CN3CCN4c5ccc(C(=O)NC)nc5N(C)CC4C3)cc2[nH]c1=O. The summed E-state index contributed by atoms with van der Waals surface area (Å²) < 4.78 is 0. The largest absolute Gasteiger partial charge is 0.361 e. The van der Waals surface area contributed by atoms with E-state index in [2.05, 4.69) is 35.0 Å². The molecule has 9 heteroatoms. The van der Waals surface area contributed by atoms with Crippen LogP contribution in [-0.2, 0) is 13.0 Å². The van der Waals surface area contributed by atoms with Crippen molar-refractivity contribution in [2.24, 2.45) is 0 Å². The molecule has 3 aromatic rings. The smallest absolute Gasteiger partial charge is 0.269 e. The lowest BCUT2D eigenvalue weighted by atomic mass is 10.1. The van der Waals surface area contributed by atoms with E-state index >= 15 is 0 Å². The minimum atomic E-state index is -0.172. The Labute approximate surface area is 192 Å². The second-order valence-corrected chi connectivity index (χ2v) is 8.83. The first-order valence-corrected chi connectivity index (χ1v) is 11.4. The van der Waals surface area contributed by atoms with Gasteiger partial charge in [0.05, 0.1) is 22.8 Å². The molecule has 5 heterocycles. The first-order valence-electron chi connectivity index (χ1n) is 11.4. The number of fused-ring (bicyclic) bond motifs is 4. The number of aromatic nitrogens is 3. The summed E-state index contributed by atoms with van der Waals surface area (Å²) in [5.41, 5.74) is 4.96. The summed E-state index contributed by atoms with van der Waals surface area (Å²) in [6.45, 7) is 6.34. The standard InChI is InChI=1S/C24H29N7O2/c1-4-16-10-19-20(28-23(16)32)9-15(11-26-19)12-30-7-8-31-17(14-30)13-29(3)22-21(31)6-5-18(27-22)24(33)25-2/h5-6,9-11,17H,4,7-8,12-14H2,1-3H3,(H,25,33)(H,28,32). The summed E-state index contributed by atoms with van der Waals surface area (Å²) in [5.74, 6) is 0.685. The first kappa shape index (κ1) is 21.4. The second-order valence-electron chi connectivity index (χ2n) is 8.83. The third-order valence-corrected chi connectivity index (χ3v) is 6.65. The molecule has 2 aliphatic rings. The van der Waals surface area contributed by atoms with Gasteiger partial charge in [-0.1, -0.05) is 6.92 Å². The predicted molar refractivity (Wildman–Crippen MR) is 129 cm³/mol.